The minimum atomic E-state index is -4.60. The molecule has 19 heavy (non-hydrogen) atoms. The largest absolute Gasteiger partial charge is 0.445 e. The van der Waals surface area contributed by atoms with Crippen molar-refractivity contribution in [2.24, 2.45) is 5.41 Å². The monoisotopic (exact) mass is 312 g/mol. The molecule has 1 aromatic carbocycles. The fourth-order valence-electron chi connectivity index (χ4n) is 2.10. The molecule has 0 radical (unpaired) electrons. The Balaban J connectivity index is 2.75. The molecule has 0 nitrogen and oxygen atoms in total. The lowest BCUT2D eigenvalue weighted by Crippen LogP contribution is -2.22. The summed E-state index contributed by atoms with van der Waals surface area (Å²) in [7, 11) is 2.32. The van der Waals surface area contributed by atoms with Crippen LogP contribution in [-0.2, 0) is 0 Å². The van der Waals surface area contributed by atoms with Crippen LogP contribution < -0.4 is 0 Å². The summed E-state index contributed by atoms with van der Waals surface area (Å²) in [6.07, 6.45) is 1.45. The molecule has 0 aromatic heterocycles. The van der Waals surface area contributed by atoms with Gasteiger partial charge in [-0.2, -0.15) is 13.2 Å². The first-order valence-electron chi connectivity index (χ1n) is 5.59. The zero-order valence-corrected chi connectivity index (χ0v) is 12.2. The van der Waals surface area contributed by atoms with E-state index in [4.69, 9.17) is 10.7 Å². The molecule has 6 heteroatoms. The number of halogens is 5. The average Bonchev–Trinajstić information content (AvgIpc) is 2.52. The first-order chi connectivity index (χ1) is 8.48. The maximum Gasteiger partial charge on any atom is 0.445 e. The highest BCUT2D eigenvalue weighted by Crippen LogP contribution is 2.82. The fraction of sp³-hybridized carbons (Fsp3) is 0.385. The van der Waals surface area contributed by atoms with Crippen molar-refractivity contribution in [2.75, 3.05) is 0 Å². The Bertz CT molecular complexity index is 557. The summed E-state index contributed by atoms with van der Waals surface area (Å²) in [5.41, 5.74) is -4.98. The van der Waals surface area contributed by atoms with Gasteiger partial charge in [0.25, 0.3) is 0 Å². The topological polar surface area (TPSA) is 0 Å². The minimum Gasteiger partial charge on any atom is -0.207 e. The molecule has 1 atom stereocenters. The molecule has 2 rings (SSSR count). The average molecular weight is 313 g/mol. The van der Waals surface area contributed by atoms with Crippen molar-refractivity contribution >= 4 is 26.0 Å². The highest BCUT2D eigenvalue weighted by atomic mass is 35.7. The Morgan fingerprint density at radius 3 is 2.16 bits per heavy atom. The Hall–Kier alpha value is -0.680. The summed E-state index contributed by atoms with van der Waals surface area (Å²) < 4.78 is 53.7. The number of benzene rings is 1. The van der Waals surface area contributed by atoms with Crippen molar-refractivity contribution in [3.05, 3.63) is 34.5 Å². The van der Waals surface area contributed by atoms with Crippen LogP contribution in [0.1, 0.15) is 26.3 Å². The van der Waals surface area contributed by atoms with Gasteiger partial charge in [0.05, 0.1) is 0 Å². The lowest BCUT2D eigenvalue weighted by Gasteiger charge is -2.39. The molecular formula is C13H13ClF4S. The van der Waals surface area contributed by atoms with Crippen LogP contribution in [0.5, 0.6) is 0 Å². The lowest BCUT2D eigenvalue weighted by molar-refractivity contribution is -0.0362. The molecule has 0 bridgehead atoms. The molecule has 0 saturated heterocycles. The van der Waals surface area contributed by atoms with Crippen molar-refractivity contribution in [3.63, 3.8) is 0 Å². The van der Waals surface area contributed by atoms with Gasteiger partial charge in [0, 0.05) is 4.90 Å². The maximum absolute atomic E-state index is 13.5. The Morgan fingerprint density at radius 2 is 1.68 bits per heavy atom. The molecule has 106 valence electrons. The third kappa shape index (κ3) is 2.17. The molecule has 0 spiro atoms. The van der Waals surface area contributed by atoms with E-state index in [1.54, 1.807) is 20.8 Å². The van der Waals surface area contributed by atoms with Gasteiger partial charge in [0.1, 0.15) is 5.82 Å². The van der Waals surface area contributed by atoms with Gasteiger partial charge >= 0.3 is 5.51 Å². The van der Waals surface area contributed by atoms with Gasteiger partial charge in [-0.3, -0.25) is 0 Å². The molecule has 0 aliphatic carbocycles. The van der Waals surface area contributed by atoms with E-state index in [-0.39, 0.29) is 9.80 Å². The summed E-state index contributed by atoms with van der Waals surface area (Å²) in [6, 6.07) is 3.40. The molecule has 0 fully saturated rings. The number of hydrogen-bond donors (Lipinski definition) is 0. The number of fused-ring (bicyclic) bond motifs is 1. The van der Waals surface area contributed by atoms with E-state index in [1.165, 1.54) is 12.1 Å². The molecule has 1 unspecified atom stereocenters. The first kappa shape index (κ1) is 14.7. The van der Waals surface area contributed by atoms with Crippen LogP contribution in [-0.4, -0.2) is 5.51 Å². The standard InChI is InChI=1S/C13H13ClF4S/c1-12(2,3)11-6-8-4-5-9(15)7-10(8)19(11,14)13(16,17)18/h4-7H,1-3H3. The third-order valence-corrected chi connectivity index (χ3v) is 7.38. The van der Waals surface area contributed by atoms with Gasteiger partial charge in [-0.25, -0.2) is 4.39 Å². The van der Waals surface area contributed by atoms with E-state index in [1.807, 2.05) is 0 Å². The molecular weight excluding hydrogens is 300 g/mol. The highest BCUT2D eigenvalue weighted by molar-refractivity contribution is 8.54. The molecule has 1 aromatic rings. The van der Waals surface area contributed by atoms with Crippen LogP contribution in [0, 0.1) is 11.2 Å². The number of alkyl halides is 3. The van der Waals surface area contributed by atoms with Gasteiger partial charge in [-0.05, 0) is 54.0 Å². The van der Waals surface area contributed by atoms with Crippen LogP contribution >= 0.6 is 19.9 Å². The molecule has 0 N–H and O–H groups in total. The van der Waals surface area contributed by atoms with Gasteiger partial charge in [0.2, 0.25) is 0 Å². The third-order valence-electron chi connectivity index (χ3n) is 2.93. The Morgan fingerprint density at radius 1 is 1.11 bits per heavy atom. The van der Waals surface area contributed by atoms with E-state index < -0.39 is 26.0 Å². The summed E-state index contributed by atoms with van der Waals surface area (Å²) in [4.78, 5) is -0.0265. The van der Waals surface area contributed by atoms with E-state index in [0.717, 1.165) is 12.1 Å². The highest BCUT2D eigenvalue weighted by Gasteiger charge is 2.58. The molecule has 1 aliphatic rings. The zero-order valence-electron chi connectivity index (χ0n) is 10.6. The summed E-state index contributed by atoms with van der Waals surface area (Å²) in [5.74, 6) is -0.705. The second kappa shape index (κ2) is 4.16. The number of hydrogen-bond acceptors (Lipinski definition) is 0. The zero-order chi connectivity index (χ0) is 14.6. The van der Waals surface area contributed by atoms with E-state index in [0.29, 0.717) is 5.56 Å². The fourth-order valence-corrected chi connectivity index (χ4v) is 5.92. The quantitative estimate of drug-likeness (QED) is 0.510. The normalized spacial score (nSPS) is 26.6. The van der Waals surface area contributed by atoms with E-state index >= 15 is 0 Å². The van der Waals surface area contributed by atoms with Gasteiger partial charge in [0.15, 0.2) is 0 Å². The second-order valence-electron chi connectivity index (χ2n) is 5.42. The van der Waals surface area contributed by atoms with Gasteiger partial charge < -0.3 is 0 Å². The minimum absolute atomic E-state index is 0.120. The van der Waals surface area contributed by atoms with Crippen LogP contribution in [0.2, 0.25) is 0 Å². The van der Waals surface area contributed by atoms with Crippen molar-refractivity contribution in [1.29, 1.82) is 0 Å². The molecule has 0 saturated carbocycles. The number of allylic oxidation sites excluding steroid dienone is 1. The van der Waals surface area contributed by atoms with Crippen molar-refractivity contribution in [2.45, 2.75) is 31.2 Å². The predicted molar refractivity (Wildman–Crippen MR) is 71.6 cm³/mol. The Kier molecular flexibility index (Phi) is 3.22. The van der Waals surface area contributed by atoms with E-state index in [9.17, 15) is 17.6 Å². The SMILES string of the molecule is CC(C)(C)C1=Cc2ccc(F)cc2S1(Cl)C(F)(F)F. The molecule has 1 heterocycles. The number of rotatable bonds is 0. The smallest absolute Gasteiger partial charge is 0.207 e. The summed E-state index contributed by atoms with van der Waals surface area (Å²) >= 11 is 0. The van der Waals surface area contributed by atoms with Crippen LogP contribution in [0.15, 0.2) is 28.0 Å². The maximum atomic E-state index is 13.5. The van der Waals surface area contributed by atoms with Crippen LogP contribution in [0.3, 0.4) is 0 Å². The van der Waals surface area contributed by atoms with Crippen molar-refractivity contribution in [3.8, 4) is 0 Å². The molecule has 0 amide bonds. The van der Waals surface area contributed by atoms with Crippen molar-refractivity contribution < 1.29 is 17.6 Å². The molecule has 1 aliphatic heterocycles. The van der Waals surface area contributed by atoms with Gasteiger partial charge in [-0.15, -0.1) is 0 Å². The Labute approximate surface area is 115 Å². The van der Waals surface area contributed by atoms with Crippen LogP contribution in [0.4, 0.5) is 17.6 Å². The lowest BCUT2D eigenvalue weighted by atomic mass is 9.95. The van der Waals surface area contributed by atoms with Crippen molar-refractivity contribution in [1.82, 2.24) is 0 Å². The van der Waals surface area contributed by atoms with Crippen LogP contribution in [0.25, 0.3) is 6.08 Å². The predicted octanol–water partition coefficient (Wildman–Crippen LogP) is 6.06. The van der Waals surface area contributed by atoms with E-state index in [2.05, 4.69) is 0 Å². The summed E-state index contributed by atoms with van der Waals surface area (Å²) in [6.45, 7) is 5.03. The summed E-state index contributed by atoms with van der Waals surface area (Å²) in [5, 5.41) is 0. The van der Waals surface area contributed by atoms with Gasteiger partial charge in [-0.1, -0.05) is 26.8 Å². The first-order valence-corrected chi connectivity index (χ1v) is 8.05. The second-order valence-corrected chi connectivity index (χ2v) is 9.23.